The van der Waals surface area contributed by atoms with Gasteiger partial charge in [-0.15, -0.1) is 0 Å². The molecule has 0 saturated carbocycles. The number of rotatable bonds is 5. The smallest absolute Gasteiger partial charge is 0.118 e. The van der Waals surface area contributed by atoms with Gasteiger partial charge in [-0.1, -0.05) is 59.3 Å². The van der Waals surface area contributed by atoms with Gasteiger partial charge in [-0.2, -0.15) is 0 Å². The van der Waals surface area contributed by atoms with E-state index in [-0.39, 0.29) is 0 Å². The van der Waals surface area contributed by atoms with Crippen molar-refractivity contribution in [3.8, 4) is 5.75 Å². The van der Waals surface area contributed by atoms with Crippen LogP contribution >= 0.6 is 15.9 Å². The number of benzene rings is 2. The Balaban J connectivity index is 2.13. The first kappa shape index (κ1) is 14.1. The van der Waals surface area contributed by atoms with Crippen molar-refractivity contribution < 1.29 is 4.74 Å². The number of methoxy groups -OCH3 is 1. The Hall–Kier alpha value is -1.28. The molecular weight excluding hydrogens is 300 g/mol. The normalized spacial score (nSPS) is 12.2. The van der Waals surface area contributed by atoms with Gasteiger partial charge in [0.2, 0.25) is 0 Å². The Morgan fingerprint density at radius 2 is 1.74 bits per heavy atom. The lowest BCUT2D eigenvalue weighted by Crippen LogP contribution is -1.99. The van der Waals surface area contributed by atoms with Crippen molar-refractivity contribution in [2.24, 2.45) is 0 Å². The van der Waals surface area contributed by atoms with Crippen LogP contribution in [0.4, 0.5) is 0 Å². The molecule has 2 rings (SSSR count). The molecule has 2 aromatic carbocycles. The lowest BCUT2D eigenvalue weighted by atomic mass is 9.98. The summed E-state index contributed by atoms with van der Waals surface area (Å²) >= 11 is 3.82. The molecule has 0 saturated heterocycles. The molecule has 19 heavy (non-hydrogen) atoms. The topological polar surface area (TPSA) is 9.23 Å². The van der Waals surface area contributed by atoms with Gasteiger partial charge in [0.05, 0.1) is 7.11 Å². The molecule has 0 aliphatic carbocycles. The lowest BCUT2D eigenvalue weighted by molar-refractivity contribution is 0.414. The predicted octanol–water partition coefficient (Wildman–Crippen LogP) is 4.94. The Kier molecular flexibility index (Phi) is 5.03. The van der Waals surface area contributed by atoms with Crippen LogP contribution in [0.15, 0.2) is 48.5 Å². The van der Waals surface area contributed by atoms with Gasteiger partial charge in [-0.25, -0.2) is 0 Å². The Morgan fingerprint density at radius 3 is 2.37 bits per heavy atom. The third-order valence-electron chi connectivity index (χ3n) is 3.35. The van der Waals surface area contributed by atoms with Crippen molar-refractivity contribution in [2.75, 3.05) is 7.11 Å². The van der Waals surface area contributed by atoms with E-state index in [2.05, 4.69) is 59.3 Å². The molecule has 0 bridgehead atoms. The highest BCUT2D eigenvalue weighted by Crippen LogP contribution is 2.30. The molecule has 0 radical (unpaired) electrons. The summed E-state index contributed by atoms with van der Waals surface area (Å²) in [5.41, 5.74) is 4.12. The molecule has 2 aromatic rings. The zero-order valence-corrected chi connectivity index (χ0v) is 13.0. The first-order valence-corrected chi connectivity index (χ1v) is 7.51. The fraction of sp³-hybridized carbons (Fsp3) is 0.294. The number of hydrogen-bond donors (Lipinski definition) is 0. The zero-order valence-electron chi connectivity index (χ0n) is 11.4. The molecular formula is C17H19BrO. The third-order valence-corrected chi connectivity index (χ3v) is 4.16. The molecule has 100 valence electrons. The number of ether oxygens (including phenoxy) is 1. The predicted molar refractivity (Wildman–Crippen MR) is 84.2 cm³/mol. The van der Waals surface area contributed by atoms with Crippen molar-refractivity contribution in [1.29, 1.82) is 0 Å². The highest BCUT2D eigenvalue weighted by atomic mass is 79.9. The molecule has 0 fully saturated rings. The van der Waals surface area contributed by atoms with Gasteiger partial charge in [0.1, 0.15) is 5.75 Å². The summed E-state index contributed by atoms with van der Waals surface area (Å²) in [6.45, 7) is 2.20. The highest BCUT2D eigenvalue weighted by molar-refractivity contribution is 9.09. The van der Waals surface area contributed by atoms with Gasteiger partial charge in [0.15, 0.2) is 0 Å². The maximum Gasteiger partial charge on any atom is 0.118 e. The summed E-state index contributed by atoms with van der Waals surface area (Å²) in [5.74, 6) is 0.906. The minimum Gasteiger partial charge on any atom is -0.497 e. The average Bonchev–Trinajstić information content (AvgIpc) is 2.48. The van der Waals surface area contributed by atoms with E-state index >= 15 is 0 Å². The fourth-order valence-corrected chi connectivity index (χ4v) is 3.06. The molecule has 0 aliphatic heterocycles. The second-order valence-electron chi connectivity index (χ2n) is 4.57. The third kappa shape index (κ3) is 3.60. The van der Waals surface area contributed by atoms with Crippen LogP contribution in [0.2, 0.25) is 0 Å². The van der Waals surface area contributed by atoms with Gasteiger partial charge < -0.3 is 4.74 Å². The summed E-state index contributed by atoms with van der Waals surface area (Å²) in [6.07, 6.45) is 2.06. The molecule has 0 spiro atoms. The first-order chi connectivity index (χ1) is 9.24. The van der Waals surface area contributed by atoms with Gasteiger partial charge in [-0.05, 0) is 41.7 Å². The van der Waals surface area contributed by atoms with Crippen LogP contribution in [-0.4, -0.2) is 7.11 Å². The van der Waals surface area contributed by atoms with Crippen LogP contribution < -0.4 is 4.74 Å². The van der Waals surface area contributed by atoms with E-state index in [1.807, 2.05) is 12.1 Å². The van der Waals surface area contributed by atoms with E-state index in [9.17, 15) is 0 Å². The van der Waals surface area contributed by atoms with Gasteiger partial charge >= 0.3 is 0 Å². The second-order valence-corrected chi connectivity index (χ2v) is 5.68. The standard InChI is InChI=1S/C17H19BrO/c1-3-14-6-4-5-7-16(14)17(18)12-13-8-10-15(19-2)11-9-13/h4-11,17H,3,12H2,1-2H3. The molecule has 0 heterocycles. The minimum absolute atomic E-state index is 0.358. The van der Waals surface area contributed by atoms with E-state index in [0.717, 1.165) is 18.6 Å². The maximum absolute atomic E-state index is 5.18. The fourth-order valence-electron chi connectivity index (χ4n) is 2.24. The molecule has 2 heteroatoms. The summed E-state index contributed by atoms with van der Waals surface area (Å²) in [5, 5.41) is 0. The zero-order chi connectivity index (χ0) is 13.7. The van der Waals surface area contributed by atoms with Crippen LogP contribution in [0.3, 0.4) is 0 Å². The highest BCUT2D eigenvalue weighted by Gasteiger charge is 2.11. The van der Waals surface area contributed by atoms with Gasteiger partial charge in [0, 0.05) is 4.83 Å². The Morgan fingerprint density at radius 1 is 1.05 bits per heavy atom. The van der Waals surface area contributed by atoms with Crippen LogP contribution in [0.25, 0.3) is 0 Å². The molecule has 0 aliphatic rings. The molecule has 0 N–H and O–H groups in total. The van der Waals surface area contributed by atoms with Crippen molar-refractivity contribution >= 4 is 15.9 Å². The number of halogens is 1. The van der Waals surface area contributed by atoms with E-state index in [1.54, 1.807) is 7.11 Å². The monoisotopic (exact) mass is 318 g/mol. The summed E-state index contributed by atoms with van der Waals surface area (Å²) < 4.78 is 5.18. The number of hydrogen-bond acceptors (Lipinski definition) is 1. The van der Waals surface area contributed by atoms with Crippen molar-refractivity contribution in [2.45, 2.75) is 24.6 Å². The first-order valence-electron chi connectivity index (χ1n) is 6.59. The quantitative estimate of drug-likeness (QED) is 0.710. The van der Waals surface area contributed by atoms with Gasteiger partial charge in [-0.3, -0.25) is 0 Å². The molecule has 0 aromatic heterocycles. The second kappa shape index (κ2) is 6.76. The van der Waals surface area contributed by atoms with Gasteiger partial charge in [0.25, 0.3) is 0 Å². The summed E-state index contributed by atoms with van der Waals surface area (Å²) in [7, 11) is 1.69. The minimum atomic E-state index is 0.358. The van der Waals surface area contributed by atoms with E-state index in [1.165, 1.54) is 16.7 Å². The van der Waals surface area contributed by atoms with Crippen LogP contribution in [-0.2, 0) is 12.8 Å². The Labute approximate surface area is 123 Å². The van der Waals surface area contributed by atoms with E-state index in [0.29, 0.717) is 4.83 Å². The van der Waals surface area contributed by atoms with Crippen LogP contribution in [0, 0.1) is 0 Å². The van der Waals surface area contributed by atoms with Crippen LogP contribution in [0.5, 0.6) is 5.75 Å². The molecule has 1 unspecified atom stereocenters. The summed E-state index contributed by atoms with van der Waals surface area (Å²) in [4.78, 5) is 0.358. The van der Waals surface area contributed by atoms with Crippen molar-refractivity contribution in [3.05, 3.63) is 65.2 Å². The Bertz CT molecular complexity index is 519. The van der Waals surface area contributed by atoms with Crippen LogP contribution in [0.1, 0.15) is 28.4 Å². The SMILES string of the molecule is CCc1ccccc1C(Br)Cc1ccc(OC)cc1. The molecule has 0 amide bonds. The summed E-state index contributed by atoms with van der Waals surface area (Å²) in [6, 6.07) is 16.9. The van der Waals surface area contributed by atoms with Crippen molar-refractivity contribution in [3.63, 3.8) is 0 Å². The number of alkyl halides is 1. The lowest BCUT2D eigenvalue weighted by Gasteiger charge is -2.14. The van der Waals surface area contributed by atoms with Crippen molar-refractivity contribution in [1.82, 2.24) is 0 Å². The average molecular weight is 319 g/mol. The molecule has 1 nitrogen and oxygen atoms in total. The van der Waals surface area contributed by atoms with E-state index in [4.69, 9.17) is 4.74 Å². The maximum atomic E-state index is 5.18. The largest absolute Gasteiger partial charge is 0.497 e. The number of aryl methyl sites for hydroxylation is 1. The molecule has 1 atom stereocenters. The van der Waals surface area contributed by atoms with E-state index < -0.39 is 0 Å².